The lowest BCUT2D eigenvalue weighted by Gasteiger charge is -2.06. The minimum Gasteiger partial charge on any atom is -0.298 e. The van der Waals surface area contributed by atoms with Crippen LogP contribution in [0.4, 0.5) is 0 Å². The molecule has 16 heavy (non-hydrogen) atoms. The van der Waals surface area contributed by atoms with Crippen LogP contribution in [0.2, 0.25) is 5.02 Å². The predicted octanol–water partition coefficient (Wildman–Crippen LogP) is 4.13. The highest BCUT2D eigenvalue weighted by molar-refractivity contribution is 6.30. The van der Waals surface area contributed by atoms with Crippen molar-refractivity contribution in [2.75, 3.05) is 0 Å². The van der Waals surface area contributed by atoms with Gasteiger partial charge in [0.2, 0.25) is 0 Å². The molecule has 0 amide bonds. The summed E-state index contributed by atoms with van der Waals surface area (Å²) < 4.78 is 0. The molecular formula is C14H11ClO. The highest BCUT2D eigenvalue weighted by Crippen LogP contribution is 2.25. The molecule has 0 saturated carbocycles. The molecule has 0 fully saturated rings. The van der Waals surface area contributed by atoms with Crippen LogP contribution in [0.15, 0.2) is 42.5 Å². The third kappa shape index (κ3) is 2.15. The average molecular weight is 231 g/mol. The van der Waals surface area contributed by atoms with Gasteiger partial charge >= 0.3 is 0 Å². The van der Waals surface area contributed by atoms with Crippen LogP contribution in [0.25, 0.3) is 11.1 Å². The lowest BCUT2D eigenvalue weighted by atomic mass is 9.98. The topological polar surface area (TPSA) is 17.1 Å². The van der Waals surface area contributed by atoms with Crippen LogP contribution in [-0.2, 0) is 0 Å². The molecule has 0 aliphatic heterocycles. The molecule has 2 aromatic carbocycles. The van der Waals surface area contributed by atoms with Crippen molar-refractivity contribution in [3.05, 3.63) is 58.6 Å². The summed E-state index contributed by atoms with van der Waals surface area (Å²) in [4.78, 5) is 11.0. The van der Waals surface area contributed by atoms with Crippen molar-refractivity contribution in [1.29, 1.82) is 0 Å². The molecule has 0 aliphatic rings. The zero-order valence-electron chi connectivity index (χ0n) is 8.91. The van der Waals surface area contributed by atoms with Gasteiger partial charge in [0.05, 0.1) is 0 Å². The molecule has 0 saturated heterocycles. The average Bonchev–Trinajstić information content (AvgIpc) is 2.30. The number of hydrogen-bond donors (Lipinski definition) is 0. The summed E-state index contributed by atoms with van der Waals surface area (Å²) in [7, 11) is 0. The van der Waals surface area contributed by atoms with E-state index in [1.54, 1.807) is 0 Å². The molecule has 0 bridgehead atoms. The maximum atomic E-state index is 11.0. The fraction of sp³-hybridized carbons (Fsp3) is 0.0714. The zero-order valence-corrected chi connectivity index (χ0v) is 9.66. The van der Waals surface area contributed by atoms with Crippen LogP contribution in [0, 0.1) is 6.92 Å². The Morgan fingerprint density at radius 2 is 1.75 bits per heavy atom. The van der Waals surface area contributed by atoms with E-state index in [9.17, 15) is 4.79 Å². The van der Waals surface area contributed by atoms with Gasteiger partial charge in [0.1, 0.15) is 0 Å². The minimum atomic E-state index is 0.698. The molecule has 0 aliphatic carbocycles. The molecule has 0 atom stereocenters. The first-order chi connectivity index (χ1) is 7.70. The second-order valence-corrected chi connectivity index (χ2v) is 4.15. The Morgan fingerprint density at radius 3 is 2.38 bits per heavy atom. The summed E-state index contributed by atoms with van der Waals surface area (Å²) in [5.74, 6) is 0. The molecule has 0 N–H and O–H groups in total. The number of hydrogen-bond acceptors (Lipinski definition) is 1. The molecule has 0 heterocycles. The molecule has 2 aromatic rings. The number of benzene rings is 2. The second-order valence-electron chi connectivity index (χ2n) is 3.72. The Hall–Kier alpha value is -1.60. The SMILES string of the molecule is Cc1ccc(C=O)c(-c2ccc(Cl)cc2)c1. The molecule has 0 aromatic heterocycles. The van der Waals surface area contributed by atoms with Gasteiger partial charge in [0.25, 0.3) is 0 Å². The molecule has 80 valence electrons. The van der Waals surface area contributed by atoms with Crippen LogP contribution < -0.4 is 0 Å². The van der Waals surface area contributed by atoms with Gasteiger partial charge in [-0.25, -0.2) is 0 Å². The Bertz CT molecular complexity index is 515. The van der Waals surface area contributed by atoms with Gasteiger partial charge in [-0.05, 0) is 30.2 Å². The molecule has 0 spiro atoms. The van der Waals surface area contributed by atoms with Crippen LogP contribution in [-0.4, -0.2) is 6.29 Å². The number of carbonyl (C=O) groups excluding carboxylic acids is 1. The summed E-state index contributed by atoms with van der Waals surface area (Å²) in [6.07, 6.45) is 0.878. The molecule has 2 rings (SSSR count). The van der Waals surface area contributed by atoms with Gasteiger partial charge in [0, 0.05) is 10.6 Å². The van der Waals surface area contributed by atoms with E-state index in [-0.39, 0.29) is 0 Å². The number of carbonyl (C=O) groups is 1. The van der Waals surface area contributed by atoms with Crippen molar-refractivity contribution in [2.24, 2.45) is 0 Å². The normalized spacial score (nSPS) is 10.1. The van der Waals surface area contributed by atoms with Crippen molar-refractivity contribution in [3.63, 3.8) is 0 Å². The molecule has 0 radical (unpaired) electrons. The third-order valence-corrected chi connectivity index (χ3v) is 2.74. The van der Waals surface area contributed by atoms with Gasteiger partial charge in [-0.3, -0.25) is 4.79 Å². The van der Waals surface area contributed by atoms with Crippen molar-refractivity contribution in [3.8, 4) is 11.1 Å². The molecule has 1 nitrogen and oxygen atoms in total. The standard InChI is InChI=1S/C14H11ClO/c1-10-2-3-12(9-16)14(8-10)11-4-6-13(15)7-5-11/h2-9H,1H3. The van der Waals surface area contributed by atoms with E-state index in [2.05, 4.69) is 0 Å². The maximum absolute atomic E-state index is 11.0. The quantitative estimate of drug-likeness (QED) is 0.709. The maximum Gasteiger partial charge on any atom is 0.150 e. The van der Waals surface area contributed by atoms with E-state index in [0.717, 1.165) is 23.0 Å². The van der Waals surface area contributed by atoms with Gasteiger partial charge in [-0.1, -0.05) is 47.5 Å². The van der Waals surface area contributed by atoms with Crippen LogP contribution >= 0.6 is 11.6 Å². The van der Waals surface area contributed by atoms with E-state index >= 15 is 0 Å². The monoisotopic (exact) mass is 230 g/mol. The summed E-state index contributed by atoms with van der Waals surface area (Å²) in [6.45, 7) is 2.01. The van der Waals surface area contributed by atoms with Gasteiger partial charge in [-0.2, -0.15) is 0 Å². The summed E-state index contributed by atoms with van der Waals surface area (Å²) in [5.41, 5.74) is 3.80. The van der Waals surface area contributed by atoms with Crippen molar-refractivity contribution < 1.29 is 4.79 Å². The largest absolute Gasteiger partial charge is 0.298 e. The summed E-state index contributed by atoms with van der Waals surface area (Å²) >= 11 is 5.83. The van der Waals surface area contributed by atoms with Gasteiger partial charge < -0.3 is 0 Å². The Morgan fingerprint density at radius 1 is 1.06 bits per heavy atom. The van der Waals surface area contributed by atoms with Crippen molar-refractivity contribution in [2.45, 2.75) is 6.92 Å². The highest BCUT2D eigenvalue weighted by Gasteiger charge is 2.04. The van der Waals surface area contributed by atoms with Crippen molar-refractivity contribution >= 4 is 17.9 Å². The van der Waals surface area contributed by atoms with Gasteiger partial charge in [0.15, 0.2) is 6.29 Å². The van der Waals surface area contributed by atoms with Crippen molar-refractivity contribution in [1.82, 2.24) is 0 Å². The lowest BCUT2D eigenvalue weighted by molar-refractivity contribution is 0.112. The number of halogens is 1. The minimum absolute atomic E-state index is 0.698. The highest BCUT2D eigenvalue weighted by atomic mass is 35.5. The third-order valence-electron chi connectivity index (χ3n) is 2.49. The first kappa shape index (κ1) is 10.9. The van der Waals surface area contributed by atoms with Crippen LogP contribution in [0.5, 0.6) is 0 Å². The lowest BCUT2D eigenvalue weighted by Crippen LogP contribution is -1.88. The molecule has 2 heteroatoms. The molecular weight excluding hydrogens is 220 g/mol. The van der Waals surface area contributed by atoms with Gasteiger partial charge in [-0.15, -0.1) is 0 Å². The van der Waals surface area contributed by atoms with E-state index in [4.69, 9.17) is 11.6 Å². The Kier molecular flexibility index (Phi) is 3.07. The predicted molar refractivity (Wildman–Crippen MR) is 67.0 cm³/mol. The fourth-order valence-corrected chi connectivity index (χ4v) is 1.78. The zero-order chi connectivity index (χ0) is 11.5. The van der Waals surface area contributed by atoms with E-state index in [0.29, 0.717) is 10.6 Å². The second kappa shape index (κ2) is 4.50. The Balaban J connectivity index is 2.57. The van der Waals surface area contributed by atoms with E-state index < -0.39 is 0 Å². The summed E-state index contributed by atoms with van der Waals surface area (Å²) in [5, 5.41) is 0.698. The number of aldehydes is 1. The smallest absolute Gasteiger partial charge is 0.150 e. The van der Waals surface area contributed by atoms with E-state index in [1.807, 2.05) is 49.4 Å². The van der Waals surface area contributed by atoms with E-state index in [1.165, 1.54) is 0 Å². The number of aryl methyl sites for hydroxylation is 1. The Labute approximate surface area is 99.7 Å². The first-order valence-corrected chi connectivity index (χ1v) is 5.40. The summed E-state index contributed by atoms with van der Waals surface area (Å²) in [6, 6.07) is 13.3. The number of rotatable bonds is 2. The van der Waals surface area contributed by atoms with Crippen LogP contribution in [0.1, 0.15) is 15.9 Å². The first-order valence-electron chi connectivity index (χ1n) is 5.02. The molecule has 0 unspecified atom stereocenters. The fourth-order valence-electron chi connectivity index (χ4n) is 1.65. The van der Waals surface area contributed by atoms with Crippen LogP contribution in [0.3, 0.4) is 0 Å².